The minimum Gasteiger partial charge on any atom is -0.726 e. The summed E-state index contributed by atoms with van der Waals surface area (Å²) in [5.41, 5.74) is 0. The van der Waals surface area contributed by atoms with Gasteiger partial charge in [-0.15, -0.1) is 6.58 Å². The number of hydrogen-bond donors (Lipinski definition) is 1. The molecule has 0 aliphatic heterocycles. The maximum absolute atomic E-state index is 11.0. The molecule has 0 rings (SSSR count). The number of rotatable bonds is 7. The van der Waals surface area contributed by atoms with E-state index in [2.05, 4.69) is 50.7 Å². The van der Waals surface area contributed by atoms with Crippen LogP contribution in [0.4, 0.5) is 0 Å². The summed E-state index contributed by atoms with van der Waals surface area (Å²) in [6.07, 6.45) is 3.56. The van der Waals surface area contributed by atoms with Gasteiger partial charge in [0.05, 0.1) is 27.7 Å². The molecule has 0 radical (unpaired) electrons. The number of amides is 1. The topological polar surface area (TPSA) is 95.5 Å². The molecule has 8 heteroatoms. The van der Waals surface area contributed by atoms with Gasteiger partial charge in [-0.25, -0.2) is 8.42 Å². The van der Waals surface area contributed by atoms with E-state index in [0.29, 0.717) is 0 Å². The van der Waals surface area contributed by atoms with Crippen molar-refractivity contribution in [1.82, 2.24) is 5.32 Å². The minimum absolute atomic E-state index is 0.102. The van der Waals surface area contributed by atoms with Crippen LogP contribution in [0.15, 0.2) is 25.3 Å². The molecule has 1 amide bonds. The van der Waals surface area contributed by atoms with E-state index < -0.39 is 10.4 Å². The van der Waals surface area contributed by atoms with Crippen molar-refractivity contribution >= 4 is 16.3 Å². The van der Waals surface area contributed by atoms with Crippen LogP contribution in [0.25, 0.3) is 0 Å². The number of carbonyl (C=O) groups excluding carboxylic acids is 1. The highest BCUT2D eigenvalue weighted by atomic mass is 32.3. The second-order valence-electron chi connectivity index (χ2n) is 4.73. The third kappa shape index (κ3) is 13.2. The highest BCUT2D eigenvalue weighted by Crippen LogP contribution is 2.03. The molecule has 0 aromatic rings. The fourth-order valence-corrected chi connectivity index (χ4v) is 1.46. The fraction of sp³-hybridized carbons (Fsp3) is 0.583. The summed E-state index contributed by atoms with van der Waals surface area (Å²) < 4.78 is 33.1. The van der Waals surface area contributed by atoms with Crippen LogP contribution < -0.4 is 5.32 Å². The number of hydrogen-bond acceptors (Lipinski definition) is 5. The van der Waals surface area contributed by atoms with Gasteiger partial charge in [-0.05, 0) is 6.08 Å². The van der Waals surface area contributed by atoms with Crippen LogP contribution in [0.1, 0.15) is 13.3 Å². The summed E-state index contributed by atoms with van der Waals surface area (Å²) in [6, 6.07) is 0. The van der Waals surface area contributed by atoms with Gasteiger partial charge < -0.3 is 14.4 Å². The van der Waals surface area contributed by atoms with Crippen molar-refractivity contribution in [2.75, 3.05) is 27.7 Å². The van der Waals surface area contributed by atoms with Crippen LogP contribution in [-0.2, 0) is 19.4 Å². The van der Waals surface area contributed by atoms with E-state index in [4.69, 9.17) is 0 Å². The average molecular weight is 308 g/mol. The molecule has 1 atom stereocenters. The van der Waals surface area contributed by atoms with E-state index in [1.165, 1.54) is 12.2 Å². The number of carbonyl (C=O) groups is 1. The lowest BCUT2D eigenvalue weighted by Crippen LogP contribution is -2.54. The van der Waals surface area contributed by atoms with Crippen molar-refractivity contribution in [2.45, 2.75) is 19.5 Å². The first-order valence-electron chi connectivity index (χ1n) is 5.93. The van der Waals surface area contributed by atoms with Gasteiger partial charge in [0.15, 0.2) is 6.17 Å². The Balaban J connectivity index is 0. The molecule has 0 saturated heterocycles. The molecule has 0 aromatic carbocycles. The van der Waals surface area contributed by atoms with Crippen molar-refractivity contribution in [3.8, 4) is 0 Å². The van der Waals surface area contributed by atoms with Gasteiger partial charge in [-0.1, -0.05) is 19.6 Å². The van der Waals surface area contributed by atoms with E-state index in [0.717, 1.165) is 10.9 Å². The Hall–Kier alpha value is -1.22. The third-order valence-corrected chi connectivity index (χ3v) is 2.57. The molecular formula is C12H24N2O5S. The standard InChI is InChI=1S/C9H18N2O.C3H6O4S/c1-6-8(11(3,4)5)10-9(12)7-2;1-2-3-7-8(4,5)6/h7-8H,2,6H2,1,3-5H3;2H,1,3H2,(H,4,5,6). The van der Waals surface area contributed by atoms with Crippen molar-refractivity contribution in [3.63, 3.8) is 0 Å². The molecule has 0 aliphatic rings. The fourth-order valence-electron chi connectivity index (χ4n) is 1.20. The first kappa shape index (κ1) is 21.1. The molecule has 0 aromatic heterocycles. The average Bonchev–Trinajstić information content (AvgIpc) is 2.31. The zero-order chi connectivity index (χ0) is 16.4. The van der Waals surface area contributed by atoms with Crippen LogP contribution >= 0.6 is 0 Å². The molecule has 1 N–H and O–H groups in total. The Morgan fingerprint density at radius 1 is 1.40 bits per heavy atom. The predicted molar refractivity (Wildman–Crippen MR) is 76.3 cm³/mol. The largest absolute Gasteiger partial charge is 0.726 e. The molecule has 118 valence electrons. The Kier molecular flexibility index (Phi) is 10.2. The summed E-state index contributed by atoms with van der Waals surface area (Å²) in [6.45, 7) is 8.34. The Morgan fingerprint density at radius 3 is 2.10 bits per heavy atom. The molecule has 0 aliphatic carbocycles. The Morgan fingerprint density at radius 2 is 1.90 bits per heavy atom. The third-order valence-electron chi connectivity index (χ3n) is 2.15. The molecule has 0 spiro atoms. The zero-order valence-corrected chi connectivity index (χ0v) is 13.3. The van der Waals surface area contributed by atoms with Gasteiger partial charge in [0.1, 0.15) is 0 Å². The molecule has 0 fully saturated rings. The number of quaternary nitrogens is 1. The van der Waals surface area contributed by atoms with Gasteiger partial charge in [-0.2, -0.15) is 0 Å². The van der Waals surface area contributed by atoms with Crippen LogP contribution in [-0.4, -0.2) is 57.3 Å². The van der Waals surface area contributed by atoms with Gasteiger partial charge in [0.2, 0.25) is 16.3 Å². The maximum Gasteiger partial charge on any atom is 0.247 e. The van der Waals surface area contributed by atoms with E-state index in [1.807, 2.05) is 0 Å². The lowest BCUT2D eigenvalue weighted by molar-refractivity contribution is -0.898. The molecule has 20 heavy (non-hydrogen) atoms. The molecule has 0 heterocycles. The van der Waals surface area contributed by atoms with Gasteiger partial charge >= 0.3 is 0 Å². The van der Waals surface area contributed by atoms with Crippen molar-refractivity contribution in [2.24, 2.45) is 0 Å². The summed E-state index contributed by atoms with van der Waals surface area (Å²) in [5, 5.41) is 2.87. The predicted octanol–water partition coefficient (Wildman–Crippen LogP) is 0.380. The second kappa shape index (κ2) is 9.65. The van der Waals surface area contributed by atoms with Crippen LogP contribution in [0.5, 0.6) is 0 Å². The monoisotopic (exact) mass is 308 g/mol. The number of nitrogens with one attached hydrogen (secondary N) is 1. The minimum atomic E-state index is -4.51. The molecule has 0 bridgehead atoms. The van der Waals surface area contributed by atoms with E-state index in [1.54, 1.807) is 0 Å². The van der Waals surface area contributed by atoms with Crippen molar-refractivity contribution in [1.29, 1.82) is 0 Å². The van der Waals surface area contributed by atoms with Gasteiger partial charge in [0, 0.05) is 6.42 Å². The lowest BCUT2D eigenvalue weighted by atomic mass is 10.3. The van der Waals surface area contributed by atoms with Crippen molar-refractivity contribution in [3.05, 3.63) is 25.3 Å². The summed E-state index contributed by atoms with van der Waals surface area (Å²) in [5.74, 6) is -0.102. The summed E-state index contributed by atoms with van der Waals surface area (Å²) in [4.78, 5) is 11.0. The molecule has 7 nitrogen and oxygen atoms in total. The summed E-state index contributed by atoms with van der Waals surface area (Å²) >= 11 is 0. The number of nitrogens with zero attached hydrogens (tertiary/aromatic N) is 1. The Labute approximate surface area is 121 Å². The van der Waals surface area contributed by atoms with Crippen LogP contribution in [0.3, 0.4) is 0 Å². The Bertz CT molecular complexity index is 412. The zero-order valence-electron chi connectivity index (χ0n) is 12.5. The molecule has 1 unspecified atom stereocenters. The smallest absolute Gasteiger partial charge is 0.247 e. The van der Waals surface area contributed by atoms with Crippen LogP contribution in [0, 0.1) is 0 Å². The van der Waals surface area contributed by atoms with E-state index in [-0.39, 0.29) is 18.7 Å². The van der Waals surface area contributed by atoms with Crippen molar-refractivity contribution < 1.29 is 26.4 Å². The van der Waals surface area contributed by atoms with Gasteiger partial charge in [-0.3, -0.25) is 8.98 Å². The summed E-state index contributed by atoms with van der Waals surface area (Å²) in [7, 11) is 1.65. The first-order valence-corrected chi connectivity index (χ1v) is 7.26. The van der Waals surface area contributed by atoms with Crippen LogP contribution in [0.2, 0.25) is 0 Å². The molecule has 0 saturated carbocycles. The highest BCUT2D eigenvalue weighted by molar-refractivity contribution is 7.80. The maximum atomic E-state index is 11.0. The van der Waals surface area contributed by atoms with E-state index in [9.17, 15) is 17.8 Å². The normalized spacial score (nSPS) is 12.7. The highest BCUT2D eigenvalue weighted by Gasteiger charge is 2.22. The lowest BCUT2D eigenvalue weighted by Gasteiger charge is -2.33. The first-order chi connectivity index (χ1) is 8.97. The van der Waals surface area contributed by atoms with E-state index >= 15 is 0 Å². The second-order valence-corrected chi connectivity index (χ2v) is 5.79. The quantitative estimate of drug-likeness (QED) is 0.183. The molecular weight excluding hydrogens is 284 g/mol. The SMILES string of the molecule is C=CC(=O)NC(CC)[N+](C)(C)C.C=CCOS(=O)(=O)[O-]. The van der Waals surface area contributed by atoms with Gasteiger partial charge in [0.25, 0.3) is 0 Å².